The summed E-state index contributed by atoms with van der Waals surface area (Å²) in [6.45, 7) is 5.67. The fraction of sp³-hybridized carbons (Fsp3) is 0.462. The summed E-state index contributed by atoms with van der Waals surface area (Å²) in [5.41, 5.74) is 3.60. The van der Waals surface area contributed by atoms with Crippen molar-refractivity contribution in [1.29, 1.82) is 0 Å². The van der Waals surface area contributed by atoms with Crippen LogP contribution in [-0.4, -0.2) is 28.1 Å². The van der Waals surface area contributed by atoms with E-state index in [1.54, 1.807) is 17.4 Å². The van der Waals surface area contributed by atoms with Gasteiger partial charge in [-0.15, -0.1) is 11.3 Å². The van der Waals surface area contributed by atoms with E-state index in [1.807, 2.05) is 13.8 Å². The van der Waals surface area contributed by atoms with Crippen LogP contribution < -0.4 is 16.6 Å². The van der Waals surface area contributed by atoms with Crippen LogP contribution in [0.4, 0.5) is 11.6 Å². The average molecular weight is 308 g/mol. The van der Waals surface area contributed by atoms with E-state index in [2.05, 4.69) is 31.1 Å². The van der Waals surface area contributed by atoms with Crippen LogP contribution in [-0.2, 0) is 17.8 Å². The summed E-state index contributed by atoms with van der Waals surface area (Å²) >= 11 is 1.67. The lowest BCUT2D eigenvalue weighted by Gasteiger charge is -2.09. The first-order valence-corrected chi connectivity index (χ1v) is 7.66. The van der Waals surface area contributed by atoms with E-state index in [-0.39, 0.29) is 0 Å². The summed E-state index contributed by atoms with van der Waals surface area (Å²) in [4.78, 5) is 13.1. The Morgan fingerprint density at radius 2 is 2.10 bits per heavy atom. The van der Waals surface area contributed by atoms with Gasteiger partial charge in [-0.3, -0.25) is 0 Å². The minimum atomic E-state index is 0.367. The molecule has 7 nitrogen and oxygen atoms in total. The topological polar surface area (TPSA) is 98.0 Å². The highest BCUT2D eigenvalue weighted by Crippen LogP contribution is 2.13. The van der Waals surface area contributed by atoms with Crippen LogP contribution in [0.25, 0.3) is 0 Å². The molecule has 0 spiro atoms. The Morgan fingerprint density at radius 3 is 2.76 bits per heavy atom. The van der Waals surface area contributed by atoms with E-state index in [0.717, 1.165) is 29.5 Å². The van der Waals surface area contributed by atoms with Crippen LogP contribution in [0.3, 0.4) is 0 Å². The Hall–Kier alpha value is -1.77. The lowest BCUT2D eigenvalue weighted by Crippen LogP contribution is -2.14. The van der Waals surface area contributed by atoms with Crippen LogP contribution in [0.5, 0.6) is 0 Å². The third-order valence-corrected chi connectivity index (χ3v) is 3.69. The van der Waals surface area contributed by atoms with Gasteiger partial charge in [-0.25, -0.2) is 20.8 Å². The number of aryl methyl sites for hydroxylation is 1. The molecule has 2 aromatic rings. The zero-order valence-corrected chi connectivity index (χ0v) is 13.0. The van der Waals surface area contributed by atoms with E-state index in [4.69, 9.17) is 10.6 Å². The molecule has 2 heterocycles. The maximum atomic E-state index is 5.42. The maximum Gasteiger partial charge on any atom is 0.158 e. The molecule has 0 fully saturated rings. The van der Waals surface area contributed by atoms with E-state index in [9.17, 15) is 0 Å². The van der Waals surface area contributed by atoms with Gasteiger partial charge in [-0.1, -0.05) is 0 Å². The molecule has 4 N–H and O–H groups in total. The highest BCUT2D eigenvalue weighted by atomic mass is 32.1. The molecule has 0 aliphatic heterocycles. The lowest BCUT2D eigenvalue weighted by atomic mass is 10.4. The Morgan fingerprint density at radius 1 is 1.29 bits per heavy atom. The number of aromatic nitrogens is 3. The van der Waals surface area contributed by atoms with E-state index in [1.165, 1.54) is 0 Å². The molecule has 0 unspecified atom stereocenters. The number of anilines is 2. The third kappa shape index (κ3) is 4.92. The number of nitrogens with zero attached hydrogens (tertiary/aromatic N) is 3. The molecule has 0 aromatic carbocycles. The zero-order valence-electron chi connectivity index (χ0n) is 12.2. The minimum Gasteiger partial charge on any atom is -0.374 e. The molecule has 114 valence electrons. The fourth-order valence-corrected chi connectivity index (χ4v) is 2.51. The summed E-state index contributed by atoms with van der Waals surface area (Å²) in [6.07, 6.45) is 0.856. The predicted molar refractivity (Wildman–Crippen MR) is 84.2 cm³/mol. The summed E-state index contributed by atoms with van der Waals surface area (Å²) in [5, 5.41) is 6.42. The summed E-state index contributed by atoms with van der Waals surface area (Å²) in [5.74, 6) is 7.30. The molecule has 0 aliphatic rings. The number of ether oxygens (including phenoxy) is 1. The van der Waals surface area contributed by atoms with Gasteiger partial charge in [0, 0.05) is 36.7 Å². The number of nitrogen functional groups attached to an aromatic ring is 1. The molecular formula is C13H20N6OS. The van der Waals surface area contributed by atoms with Crippen LogP contribution in [0.15, 0.2) is 11.4 Å². The second kappa shape index (κ2) is 7.87. The van der Waals surface area contributed by atoms with Crippen molar-refractivity contribution in [3.63, 3.8) is 0 Å². The van der Waals surface area contributed by atoms with Crippen LogP contribution in [0.1, 0.15) is 23.4 Å². The average Bonchev–Trinajstić information content (AvgIpc) is 2.90. The molecule has 0 radical (unpaired) electrons. The quantitative estimate of drug-likeness (QED) is 0.504. The zero-order chi connectivity index (χ0) is 15.1. The number of hydrazine groups is 1. The normalized spacial score (nSPS) is 10.6. The number of nitrogens with one attached hydrogen (secondary N) is 2. The highest BCUT2D eigenvalue weighted by molar-refractivity contribution is 7.09. The standard InChI is InChI=1S/C13H20N6OS/c1-3-20-7-12-17-10(6-11(18-12)19-14)15-5-4-13-16-9(2)8-21-13/h6,8H,3-5,7,14H2,1-2H3,(H2,15,17,18,19). The molecular weight excluding hydrogens is 288 g/mol. The third-order valence-electron chi connectivity index (χ3n) is 2.67. The monoisotopic (exact) mass is 308 g/mol. The molecule has 2 aromatic heterocycles. The minimum absolute atomic E-state index is 0.367. The Bertz CT molecular complexity index is 574. The van der Waals surface area contributed by atoms with Crippen molar-refractivity contribution in [2.24, 2.45) is 5.84 Å². The van der Waals surface area contributed by atoms with Gasteiger partial charge in [0.2, 0.25) is 0 Å². The molecule has 0 aliphatic carbocycles. The van der Waals surface area contributed by atoms with Crippen molar-refractivity contribution >= 4 is 23.0 Å². The SMILES string of the molecule is CCOCc1nc(NN)cc(NCCc2nc(C)cs2)n1. The summed E-state index contributed by atoms with van der Waals surface area (Å²) in [6, 6.07) is 1.77. The molecule has 21 heavy (non-hydrogen) atoms. The number of nitrogens with two attached hydrogens (primary N) is 1. The van der Waals surface area contributed by atoms with Crippen molar-refractivity contribution < 1.29 is 4.74 Å². The van der Waals surface area contributed by atoms with Gasteiger partial charge >= 0.3 is 0 Å². The van der Waals surface area contributed by atoms with Gasteiger partial charge in [0.25, 0.3) is 0 Å². The van der Waals surface area contributed by atoms with Crippen LogP contribution in [0, 0.1) is 6.92 Å². The lowest BCUT2D eigenvalue weighted by molar-refractivity contribution is 0.128. The van der Waals surface area contributed by atoms with Crippen molar-refractivity contribution in [2.75, 3.05) is 23.9 Å². The van der Waals surface area contributed by atoms with Gasteiger partial charge in [0.05, 0.1) is 5.01 Å². The fourth-order valence-electron chi connectivity index (χ4n) is 1.73. The molecule has 8 heteroatoms. The van der Waals surface area contributed by atoms with E-state index in [0.29, 0.717) is 24.9 Å². The smallest absolute Gasteiger partial charge is 0.158 e. The van der Waals surface area contributed by atoms with Gasteiger partial charge in [0.1, 0.15) is 18.2 Å². The molecule has 0 saturated carbocycles. The van der Waals surface area contributed by atoms with Crippen molar-refractivity contribution in [2.45, 2.75) is 26.9 Å². The number of thiazole rings is 1. The van der Waals surface area contributed by atoms with Crippen LogP contribution >= 0.6 is 11.3 Å². The second-order valence-corrected chi connectivity index (χ2v) is 5.34. The van der Waals surface area contributed by atoms with Crippen LogP contribution in [0.2, 0.25) is 0 Å². The van der Waals surface area contributed by atoms with Crippen molar-refractivity contribution in [1.82, 2.24) is 15.0 Å². The molecule has 0 bridgehead atoms. The summed E-state index contributed by atoms with van der Waals surface area (Å²) in [7, 11) is 0. The molecule has 0 amide bonds. The van der Waals surface area contributed by atoms with Gasteiger partial charge in [0.15, 0.2) is 5.82 Å². The maximum absolute atomic E-state index is 5.42. The molecule has 0 atom stereocenters. The van der Waals surface area contributed by atoms with Gasteiger partial charge in [-0.05, 0) is 13.8 Å². The largest absolute Gasteiger partial charge is 0.374 e. The predicted octanol–water partition coefficient (Wildman–Crippen LogP) is 1.72. The van der Waals surface area contributed by atoms with Gasteiger partial charge in [-0.2, -0.15) is 0 Å². The van der Waals surface area contributed by atoms with E-state index < -0.39 is 0 Å². The first kappa shape index (κ1) is 15.6. The molecule has 0 saturated heterocycles. The van der Waals surface area contributed by atoms with E-state index >= 15 is 0 Å². The van der Waals surface area contributed by atoms with Crippen molar-refractivity contribution in [3.8, 4) is 0 Å². The Kier molecular flexibility index (Phi) is 5.85. The van der Waals surface area contributed by atoms with Crippen molar-refractivity contribution in [3.05, 3.63) is 28.0 Å². The first-order valence-electron chi connectivity index (χ1n) is 6.78. The Balaban J connectivity index is 1.94. The number of hydrogen-bond donors (Lipinski definition) is 3. The second-order valence-electron chi connectivity index (χ2n) is 4.40. The highest BCUT2D eigenvalue weighted by Gasteiger charge is 2.05. The number of rotatable bonds is 8. The number of hydrogen-bond acceptors (Lipinski definition) is 8. The van der Waals surface area contributed by atoms with Gasteiger partial charge < -0.3 is 15.5 Å². The first-order chi connectivity index (χ1) is 10.2. The Labute approximate surface area is 128 Å². The summed E-state index contributed by atoms with van der Waals surface area (Å²) < 4.78 is 5.32. The molecule has 2 rings (SSSR count).